The molecule has 0 fully saturated rings. The second-order valence-corrected chi connectivity index (χ2v) is 4.02. The van der Waals surface area contributed by atoms with Crippen molar-refractivity contribution in [3.63, 3.8) is 0 Å². The summed E-state index contributed by atoms with van der Waals surface area (Å²) in [6.45, 7) is 0. The molecule has 0 saturated heterocycles. The Balaban J connectivity index is 2.47. The molecule has 0 radical (unpaired) electrons. The molecule has 0 aromatic heterocycles. The molecule has 3 heteroatoms. The highest BCUT2D eigenvalue weighted by molar-refractivity contribution is 7.80. The van der Waals surface area contributed by atoms with Gasteiger partial charge in [0.15, 0.2) is 0 Å². The van der Waals surface area contributed by atoms with Crippen LogP contribution in [0.25, 0.3) is 10.8 Å². The SMILES string of the molecule is COc1ccc2cc(N(C)CS)ccc2c1. The standard InChI is InChI=1S/C13H15NOS/c1-14(9-16)12-5-3-11-8-13(15-2)6-4-10(11)7-12/h3-8,16H,9H2,1-2H3. The summed E-state index contributed by atoms with van der Waals surface area (Å²) < 4.78 is 5.20. The minimum Gasteiger partial charge on any atom is -0.497 e. The van der Waals surface area contributed by atoms with E-state index in [4.69, 9.17) is 4.74 Å². The Morgan fingerprint density at radius 2 is 1.81 bits per heavy atom. The van der Waals surface area contributed by atoms with E-state index in [0.717, 1.165) is 5.75 Å². The fourth-order valence-corrected chi connectivity index (χ4v) is 1.82. The number of anilines is 1. The van der Waals surface area contributed by atoms with Gasteiger partial charge in [-0.1, -0.05) is 12.1 Å². The molecule has 2 aromatic rings. The molecule has 84 valence electrons. The number of rotatable bonds is 3. The van der Waals surface area contributed by atoms with E-state index in [1.54, 1.807) is 7.11 Å². The van der Waals surface area contributed by atoms with Crippen LogP contribution in [0.3, 0.4) is 0 Å². The number of benzene rings is 2. The van der Waals surface area contributed by atoms with Crippen LogP contribution in [0.2, 0.25) is 0 Å². The van der Waals surface area contributed by atoms with Crippen molar-refractivity contribution >= 4 is 29.1 Å². The Morgan fingerprint density at radius 1 is 1.12 bits per heavy atom. The quantitative estimate of drug-likeness (QED) is 0.645. The molecule has 2 aromatic carbocycles. The van der Waals surface area contributed by atoms with Crippen molar-refractivity contribution in [2.45, 2.75) is 0 Å². The van der Waals surface area contributed by atoms with E-state index in [0.29, 0.717) is 5.88 Å². The fourth-order valence-electron chi connectivity index (χ4n) is 1.66. The Morgan fingerprint density at radius 3 is 2.50 bits per heavy atom. The van der Waals surface area contributed by atoms with Crippen LogP contribution in [-0.2, 0) is 0 Å². The van der Waals surface area contributed by atoms with Crippen molar-refractivity contribution in [3.05, 3.63) is 36.4 Å². The minimum absolute atomic E-state index is 0.710. The summed E-state index contributed by atoms with van der Waals surface area (Å²) in [5, 5.41) is 2.41. The summed E-state index contributed by atoms with van der Waals surface area (Å²) in [6, 6.07) is 12.5. The fraction of sp³-hybridized carbons (Fsp3) is 0.231. The number of hydrogen-bond acceptors (Lipinski definition) is 3. The third-order valence-electron chi connectivity index (χ3n) is 2.68. The van der Waals surface area contributed by atoms with Crippen LogP contribution < -0.4 is 9.64 Å². The summed E-state index contributed by atoms with van der Waals surface area (Å²) in [7, 11) is 3.71. The summed E-state index contributed by atoms with van der Waals surface area (Å²) in [4.78, 5) is 2.09. The predicted molar refractivity (Wildman–Crippen MR) is 72.8 cm³/mol. The smallest absolute Gasteiger partial charge is 0.119 e. The molecule has 2 rings (SSSR count). The van der Waals surface area contributed by atoms with Gasteiger partial charge in [0.05, 0.1) is 13.0 Å². The zero-order valence-electron chi connectivity index (χ0n) is 9.47. The van der Waals surface area contributed by atoms with Gasteiger partial charge >= 0.3 is 0 Å². The van der Waals surface area contributed by atoms with Gasteiger partial charge in [-0.05, 0) is 35.0 Å². The number of ether oxygens (including phenoxy) is 1. The molecule has 0 aliphatic rings. The van der Waals surface area contributed by atoms with E-state index in [1.165, 1.54) is 16.5 Å². The molecule has 16 heavy (non-hydrogen) atoms. The average molecular weight is 233 g/mol. The molecule has 2 nitrogen and oxygen atoms in total. The molecule has 0 bridgehead atoms. The summed E-state index contributed by atoms with van der Waals surface area (Å²) in [5.41, 5.74) is 1.17. The molecule has 0 spiro atoms. The number of thiol groups is 1. The van der Waals surface area contributed by atoms with Gasteiger partial charge in [-0.3, -0.25) is 0 Å². The van der Waals surface area contributed by atoms with Crippen LogP contribution in [0.4, 0.5) is 5.69 Å². The molecule has 0 heterocycles. The molecule has 0 unspecified atom stereocenters. The topological polar surface area (TPSA) is 12.5 Å². The largest absolute Gasteiger partial charge is 0.497 e. The molecule has 0 saturated carbocycles. The van der Waals surface area contributed by atoms with Crippen molar-refractivity contribution < 1.29 is 4.74 Å². The van der Waals surface area contributed by atoms with Crippen LogP contribution in [0.1, 0.15) is 0 Å². The van der Waals surface area contributed by atoms with Gasteiger partial charge in [0.1, 0.15) is 5.75 Å². The monoisotopic (exact) mass is 233 g/mol. The number of fused-ring (bicyclic) bond motifs is 1. The molecule has 0 amide bonds. The first kappa shape index (κ1) is 11.1. The van der Waals surface area contributed by atoms with E-state index in [-0.39, 0.29) is 0 Å². The first-order valence-corrected chi connectivity index (χ1v) is 5.77. The molecular formula is C13H15NOS. The zero-order valence-corrected chi connectivity index (χ0v) is 10.4. The van der Waals surface area contributed by atoms with E-state index in [2.05, 4.69) is 41.8 Å². The second-order valence-electron chi connectivity index (χ2n) is 3.74. The Kier molecular flexibility index (Phi) is 3.25. The van der Waals surface area contributed by atoms with Gasteiger partial charge in [-0.2, -0.15) is 12.6 Å². The first-order valence-electron chi connectivity index (χ1n) is 5.14. The highest BCUT2D eigenvalue weighted by Crippen LogP contribution is 2.25. The van der Waals surface area contributed by atoms with Gasteiger partial charge < -0.3 is 9.64 Å². The highest BCUT2D eigenvalue weighted by Gasteiger charge is 2.01. The van der Waals surface area contributed by atoms with Crippen LogP contribution in [0, 0.1) is 0 Å². The van der Waals surface area contributed by atoms with Crippen molar-refractivity contribution in [3.8, 4) is 5.75 Å². The summed E-state index contributed by atoms with van der Waals surface area (Å²) in [5.74, 6) is 1.60. The van der Waals surface area contributed by atoms with Crippen molar-refractivity contribution in [1.82, 2.24) is 0 Å². The Labute approximate surface area is 101 Å². The maximum atomic E-state index is 5.20. The minimum atomic E-state index is 0.710. The lowest BCUT2D eigenvalue weighted by Crippen LogP contribution is -2.13. The molecular weight excluding hydrogens is 218 g/mol. The third kappa shape index (κ3) is 2.09. The van der Waals surface area contributed by atoms with Crippen molar-refractivity contribution in [2.24, 2.45) is 0 Å². The van der Waals surface area contributed by atoms with Gasteiger partial charge in [0, 0.05) is 12.7 Å². The lowest BCUT2D eigenvalue weighted by atomic mass is 10.1. The van der Waals surface area contributed by atoms with Crippen LogP contribution in [0.15, 0.2) is 36.4 Å². The molecule has 0 aliphatic carbocycles. The average Bonchev–Trinajstić information content (AvgIpc) is 2.36. The van der Waals surface area contributed by atoms with Crippen molar-refractivity contribution in [1.29, 1.82) is 0 Å². The van der Waals surface area contributed by atoms with Gasteiger partial charge in [-0.25, -0.2) is 0 Å². The summed E-state index contributed by atoms with van der Waals surface area (Å²) in [6.07, 6.45) is 0. The predicted octanol–water partition coefficient (Wildman–Crippen LogP) is 3.17. The third-order valence-corrected chi connectivity index (χ3v) is 3.11. The first-order chi connectivity index (χ1) is 7.74. The van der Waals surface area contributed by atoms with Gasteiger partial charge in [0.2, 0.25) is 0 Å². The van der Waals surface area contributed by atoms with E-state index in [1.807, 2.05) is 19.2 Å². The van der Waals surface area contributed by atoms with Crippen LogP contribution in [-0.4, -0.2) is 20.0 Å². The number of nitrogens with zero attached hydrogens (tertiary/aromatic N) is 1. The van der Waals surface area contributed by atoms with E-state index in [9.17, 15) is 0 Å². The van der Waals surface area contributed by atoms with Crippen LogP contribution >= 0.6 is 12.6 Å². The maximum Gasteiger partial charge on any atom is 0.119 e. The lowest BCUT2D eigenvalue weighted by molar-refractivity contribution is 0.415. The van der Waals surface area contributed by atoms with Gasteiger partial charge in [0.25, 0.3) is 0 Å². The number of hydrogen-bond donors (Lipinski definition) is 1. The maximum absolute atomic E-state index is 5.20. The highest BCUT2D eigenvalue weighted by atomic mass is 32.1. The molecule has 0 N–H and O–H groups in total. The second kappa shape index (κ2) is 4.66. The zero-order chi connectivity index (χ0) is 11.5. The lowest BCUT2D eigenvalue weighted by Gasteiger charge is -2.16. The van der Waals surface area contributed by atoms with Crippen LogP contribution in [0.5, 0.6) is 5.75 Å². The normalized spacial score (nSPS) is 10.4. The molecule has 0 atom stereocenters. The Bertz CT molecular complexity index is 498. The summed E-state index contributed by atoms with van der Waals surface area (Å²) >= 11 is 4.26. The van der Waals surface area contributed by atoms with E-state index < -0.39 is 0 Å². The van der Waals surface area contributed by atoms with E-state index >= 15 is 0 Å². The Hall–Kier alpha value is -1.35. The van der Waals surface area contributed by atoms with Crippen molar-refractivity contribution in [2.75, 3.05) is 24.9 Å². The van der Waals surface area contributed by atoms with Gasteiger partial charge in [-0.15, -0.1) is 0 Å². The molecule has 0 aliphatic heterocycles. The number of methoxy groups -OCH3 is 1.